The Morgan fingerprint density at radius 3 is 1.78 bits per heavy atom. The maximum absolute atomic E-state index is 15.2. The number of allylic oxidation sites excluding steroid dienone is 1. The SMILES string of the molecule is CN1C=C2SC=C(C=CC3(C(=O)O)CS[C@@H]4[C@H](NC(=O)C(=NOC(c5ccccc5)(c5ccccc5)c5ccccc5)c5csc(NC(c6ccccc6)(c6ccccc6)c6ccccc6)n5)C(=O)N4C3)N2C1. The van der Waals surface area contributed by atoms with Crippen molar-refractivity contribution >= 4 is 63.5 Å². The van der Waals surface area contributed by atoms with Crippen LogP contribution in [0.2, 0.25) is 0 Å². The number of carboxylic acid groups (broad SMARTS) is 1. The van der Waals surface area contributed by atoms with E-state index in [-0.39, 0.29) is 23.7 Å². The molecule has 0 radical (unpaired) electrons. The van der Waals surface area contributed by atoms with E-state index in [0.717, 1.165) is 44.1 Å². The van der Waals surface area contributed by atoms with Gasteiger partial charge in [0.2, 0.25) is 11.5 Å². The average molecular weight is 1020 g/mol. The van der Waals surface area contributed by atoms with Gasteiger partial charge in [-0.3, -0.25) is 14.4 Å². The number of thioether (sulfide) groups is 2. The fraction of sp³-hybridized carbons (Fsp3) is 0.155. The van der Waals surface area contributed by atoms with Crippen LogP contribution in [0.25, 0.3) is 0 Å². The number of carbonyl (C=O) groups is 3. The fourth-order valence-electron chi connectivity index (χ4n) is 9.94. The van der Waals surface area contributed by atoms with Gasteiger partial charge in [0.15, 0.2) is 10.8 Å². The Labute approximate surface area is 435 Å². The Balaban J connectivity index is 0.960. The number of nitrogens with zero attached hydrogens (tertiary/aromatic N) is 5. The minimum atomic E-state index is -1.35. The molecule has 0 bridgehead atoms. The van der Waals surface area contributed by atoms with Crippen LogP contribution in [0.5, 0.6) is 0 Å². The van der Waals surface area contributed by atoms with Gasteiger partial charge in [-0.15, -0.1) is 23.1 Å². The summed E-state index contributed by atoms with van der Waals surface area (Å²) in [6, 6.07) is 58.7. The zero-order valence-electron chi connectivity index (χ0n) is 39.5. The molecule has 12 nitrogen and oxygen atoms in total. The number of rotatable bonds is 16. The average Bonchev–Trinajstić information content (AvgIpc) is 4.17. The molecule has 3 N–H and O–H groups in total. The normalized spacial score (nSPS) is 19.7. The second-order valence-corrected chi connectivity index (χ2v) is 21.0. The first-order valence-corrected chi connectivity index (χ1v) is 26.5. The number of thiazole rings is 1. The number of hydrogen-bond acceptors (Lipinski definition) is 12. The van der Waals surface area contributed by atoms with Crippen LogP contribution in [0.1, 0.15) is 39.1 Å². The van der Waals surface area contributed by atoms with Gasteiger partial charge >= 0.3 is 5.97 Å². The molecule has 7 aromatic rings. The molecule has 4 aliphatic rings. The summed E-state index contributed by atoms with van der Waals surface area (Å²) in [5, 5.41) is 27.2. The summed E-state index contributed by atoms with van der Waals surface area (Å²) in [4.78, 5) is 60.3. The van der Waals surface area contributed by atoms with E-state index >= 15 is 4.79 Å². The molecule has 15 heteroatoms. The number of hydrogen-bond donors (Lipinski definition) is 3. The maximum atomic E-state index is 15.2. The molecular weight excluding hydrogens is 971 g/mol. The third-order valence-electron chi connectivity index (χ3n) is 13.7. The highest BCUT2D eigenvalue weighted by Gasteiger charge is 2.57. The molecule has 2 fully saturated rings. The quantitative estimate of drug-likeness (QED) is 0.0369. The number of nitrogens with one attached hydrogen (secondary N) is 2. The van der Waals surface area contributed by atoms with E-state index in [1.54, 1.807) is 28.1 Å². The molecule has 2 saturated heterocycles. The molecule has 0 spiro atoms. The molecule has 1 unspecified atom stereocenters. The molecule has 0 aliphatic carbocycles. The van der Waals surface area contributed by atoms with Crippen molar-refractivity contribution in [1.29, 1.82) is 0 Å². The zero-order chi connectivity index (χ0) is 50.0. The molecule has 4 aliphatic heterocycles. The van der Waals surface area contributed by atoms with Gasteiger partial charge in [0.1, 0.15) is 28.1 Å². The van der Waals surface area contributed by atoms with Crippen molar-refractivity contribution in [3.05, 3.63) is 261 Å². The van der Waals surface area contributed by atoms with Crippen molar-refractivity contribution in [3.63, 3.8) is 0 Å². The molecule has 364 valence electrons. The van der Waals surface area contributed by atoms with Crippen molar-refractivity contribution < 1.29 is 24.3 Å². The smallest absolute Gasteiger partial charge is 0.316 e. The number of oxime groups is 1. The third kappa shape index (κ3) is 8.76. The van der Waals surface area contributed by atoms with Gasteiger partial charge in [-0.25, -0.2) is 4.98 Å². The predicted octanol–water partition coefficient (Wildman–Crippen LogP) is 9.88. The van der Waals surface area contributed by atoms with E-state index in [9.17, 15) is 14.7 Å². The van der Waals surface area contributed by atoms with Crippen LogP contribution in [-0.2, 0) is 30.4 Å². The lowest BCUT2D eigenvalue weighted by Crippen LogP contribution is -2.73. The zero-order valence-corrected chi connectivity index (χ0v) is 42.0. The van der Waals surface area contributed by atoms with Crippen molar-refractivity contribution in [2.45, 2.75) is 22.6 Å². The first-order chi connectivity index (χ1) is 35.7. The van der Waals surface area contributed by atoms with Crippen molar-refractivity contribution in [2.75, 3.05) is 31.3 Å². The van der Waals surface area contributed by atoms with Crippen LogP contribution < -0.4 is 10.6 Å². The molecule has 73 heavy (non-hydrogen) atoms. The van der Waals surface area contributed by atoms with Crippen LogP contribution in [-0.4, -0.2) is 85.7 Å². The van der Waals surface area contributed by atoms with Crippen molar-refractivity contribution in [3.8, 4) is 0 Å². The van der Waals surface area contributed by atoms with Gasteiger partial charge in [0, 0.05) is 58.7 Å². The van der Waals surface area contributed by atoms with Crippen LogP contribution in [0.15, 0.2) is 227 Å². The van der Waals surface area contributed by atoms with E-state index in [4.69, 9.17) is 15.0 Å². The molecule has 6 aromatic carbocycles. The van der Waals surface area contributed by atoms with Crippen LogP contribution in [0.4, 0.5) is 5.13 Å². The van der Waals surface area contributed by atoms with Gasteiger partial charge in [-0.1, -0.05) is 205 Å². The summed E-state index contributed by atoms with van der Waals surface area (Å²) < 4.78 is 0. The number of aliphatic carboxylic acids is 1. The topological polar surface area (TPSA) is 140 Å². The second-order valence-electron chi connectivity index (χ2n) is 18.2. The largest absolute Gasteiger partial charge is 0.481 e. The summed E-state index contributed by atoms with van der Waals surface area (Å²) in [7, 11) is 1.99. The molecule has 5 heterocycles. The standard InChI is InChI=1S/C58H49N7O5S3/c1-63-34-48-65(39-63)46(35-71-48)32-33-56(54(68)69)37-64-52(67)50(53(64)73-38-56)60-51(66)49(62-70-58(43-26-14-5-15-27-43,44-28-16-6-17-29-44)45-30-18-7-19-31-45)47-36-72-55(59-47)61-57(40-20-8-2-9-21-40,41-22-10-3-11-23-41)42-24-12-4-13-25-42/h2-36,50,53H,37-39H2,1H3,(H,59,61)(H,60,66)(H,68,69)/t50-,53-,56?/m1/s1. The lowest BCUT2D eigenvalue weighted by Gasteiger charge is -2.53. The lowest BCUT2D eigenvalue weighted by atomic mass is 9.77. The maximum Gasteiger partial charge on any atom is 0.316 e. The van der Waals surface area contributed by atoms with Crippen molar-refractivity contribution in [1.82, 2.24) is 25.0 Å². The van der Waals surface area contributed by atoms with Crippen LogP contribution in [0.3, 0.4) is 0 Å². The summed E-state index contributed by atoms with van der Waals surface area (Å²) >= 11 is 4.23. The fourth-order valence-corrected chi connectivity index (χ4v) is 13.2. The van der Waals surface area contributed by atoms with Crippen molar-refractivity contribution in [2.24, 2.45) is 10.6 Å². The monoisotopic (exact) mass is 1020 g/mol. The number of aromatic nitrogens is 1. The predicted molar refractivity (Wildman–Crippen MR) is 289 cm³/mol. The minimum Gasteiger partial charge on any atom is -0.481 e. The van der Waals surface area contributed by atoms with E-state index in [1.807, 2.05) is 164 Å². The van der Waals surface area contributed by atoms with E-state index in [1.165, 1.54) is 23.1 Å². The number of benzene rings is 6. The Bertz CT molecular complexity index is 3080. The number of fused-ring (bicyclic) bond motifs is 2. The highest BCUT2D eigenvalue weighted by Crippen LogP contribution is 2.46. The molecule has 11 rings (SSSR count). The number of carbonyl (C=O) groups excluding carboxylic acids is 2. The van der Waals surface area contributed by atoms with Crippen LogP contribution in [0, 0.1) is 5.41 Å². The van der Waals surface area contributed by atoms with E-state index in [2.05, 4.69) is 63.0 Å². The van der Waals surface area contributed by atoms with E-state index < -0.39 is 45.8 Å². The summed E-state index contributed by atoms with van der Waals surface area (Å²) in [6.07, 6.45) is 5.60. The molecule has 2 amide bonds. The third-order valence-corrected chi connectivity index (χ3v) is 16.9. The highest BCUT2D eigenvalue weighted by molar-refractivity contribution is 8.06. The van der Waals surface area contributed by atoms with Gasteiger partial charge in [0.25, 0.3) is 5.91 Å². The summed E-state index contributed by atoms with van der Waals surface area (Å²) in [5.74, 6) is -1.91. The number of carboxylic acids is 1. The van der Waals surface area contributed by atoms with Gasteiger partial charge in [-0.05, 0) is 22.8 Å². The first-order valence-electron chi connectivity index (χ1n) is 23.7. The Morgan fingerprint density at radius 1 is 0.767 bits per heavy atom. The van der Waals surface area contributed by atoms with Crippen LogP contribution >= 0.6 is 34.9 Å². The Morgan fingerprint density at radius 2 is 1.27 bits per heavy atom. The molecule has 3 atom stereocenters. The van der Waals surface area contributed by atoms with Gasteiger partial charge in [0.05, 0.1) is 11.7 Å². The summed E-state index contributed by atoms with van der Waals surface area (Å²) in [6.45, 7) is 0.619. The Kier molecular flexibility index (Phi) is 13.0. The van der Waals surface area contributed by atoms with Gasteiger partial charge < -0.3 is 35.3 Å². The highest BCUT2D eigenvalue weighted by atomic mass is 32.2. The molecule has 1 aromatic heterocycles. The minimum absolute atomic E-state index is 0.0460. The second kappa shape index (κ2) is 20.0. The Hall–Kier alpha value is -7.85. The number of amides is 2. The molecular formula is C58H49N7O5S3. The molecule has 0 saturated carbocycles. The number of anilines is 1. The number of β-lactam (4-membered cyclic amide) rings is 1. The van der Waals surface area contributed by atoms with E-state index in [0.29, 0.717) is 11.8 Å². The van der Waals surface area contributed by atoms with Gasteiger partial charge in [-0.2, -0.15) is 0 Å². The summed E-state index contributed by atoms with van der Waals surface area (Å²) in [5.41, 5.74) is 2.55. The lowest BCUT2D eigenvalue weighted by molar-refractivity contribution is -0.156. The first kappa shape index (κ1) is 47.5.